The first kappa shape index (κ1) is 29.2. The molecule has 2 aliphatic heterocycles. The smallest absolute Gasteiger partial charge is 0.238 e. The number of Topliss-reactive ketones (excluding diaryl/α,β-unsaturated/α-hetero) is 1. The fraction of sp³-hybridized carbons (Fsp3) is 0.559. The first-order valence-corrected chi connectivity index (χ1v) is 16.4. The van der Waals surface area contributed by atoms with Crippen LogP contribution in [-0.2, 0) is 19.8 Å². The summed E-state index contributed by atoms with van der Waals surface area (Å²) < 4.78 is 16.2. The molecule has 2 aromatic carbocycles. The van der Waals surface area contributed by atoms with Crippen molar-refractivity contribution in [2.45, 2.75) is 106 Å². The lowest BCUT2D eigenvalue weighted by Crippen LogP contribution is -2.62. The average Bonchev–Trinajstić information content (AvgIpc) is 3.40. The van der Waals surface area contributed by atoms with Crippen molar-refractivity contribution in [1.82, 2.24) is 10.2 Å². The van der Waals surface area contributed by atoms with Crippen molar-refractivity contribution in [1.29, 1.82) is 0 Å². The summed E-state index contributed by atoms with van der Waals surface area (Å²) in [7, 11) is 1.95. The molecule has 2 N–H and O–H groups in total. The Balaban J connectivity index is 1.40. The summed E-state index contributed by atoms with van der Waals surface area (Å²) in [6, 6.07) is 9.49. The molecule has 2 amide bonds. The second-order valence-electron chi connectivity index (χ2n) is 13.8. The van der Waals surface area contributed by atoms with Crippen LogP contribution in [0.2, 0.25) is 10.0 Å². The Morgan fingerprint density at radius 1 is 0.977 bits per heavy atom. The van der Waals surface area contributed by atoms with E-state index in [1.807, 2.05) is 13.1 Å². The van der Waals surface area contributed by atoms with E-state index in [1.165, 1.54) is 6.07 Å². The molecule has 0 radical (unpaired) electrons. The van der Waals surface area contributed by atoms with Gasteiger partial charge in [-0.3, -0.25) is 19.3 Å². The van der Waals surface area contributed by atoms with Crippen LogP contribution >= 0.6 is 23.2 Å². The van der Waals surface area contributed by atoms with E-state index in [-0.39, 0.29) is 33.6 Å². The molecule has 5 fully saturated rings. The number of nitrogens with zero attached hydrogens (tertiary/aromatic N) is 1. The molecule has 3 atom stereocenters. The molecule has 6 nitrogen and oxygen atoms in total. The molecule has 228 valence electrons. The van der Waals surface area contributed by atoms with Gasteiger partial charge in [0.05, 0.1) is 11.1 Å². The van der Waals surface area contributed by atoms with Crippen LogP contribution < -0.4 is 10.6 Å². The zero-order chi connectivity index (χ0) is 30.4. The van der Waals surface area contributed by atoms with E-state index in [4.69, 9.17) is 23.2 Å². The minimum atomic E-state index is -1.24. The van der Waals surface area contributed by atoms with Crippen LogP contribution in [0.4, 0.5) is 10.1 Å². The second kappa shape index (κ2) is 10.0. The summed E-state index contributed by atoms with van der Waals surface area (Å²) in [5.74, 6) is -1.61. The predicted octanol–water partition coefficient (Wildman–Crippen LogP) is 6.92. The van der Waals surface area contributed by atoms with Crippen molar-refractivity contribution in [3.05, 3.63) is 63.4 Å². The Kier molecular flexibility index (Phi) is 6.81. The Morgan fingerprint density at radius 2 is 1.65 bits per heavy atom. The summed E-state index contributed by atoms with van der Waals surface area (Å²) in [6.07, 6.45) is 8.75. The largest absolute Gasteiger partial charge is 0.349 e. The number of halogens is 3. The molecule has 4 aliphatic carbocycles. The van der Waals surface area contributed by atoms with Crippen molar-refractivity contribution in [3.63, 3.8) is 0 Å². The fourth-order valence-corrected chi connectivity index (χ4v) is 10.3. The maximum absolute atomic E-state index is 16.2. The number of hydrogen-bond acceptors (Lipinski definition) is 4. The number of rotatable bonds is 4. The quantitative estimate of drug-likeness (QED) is 0.386. The van der Waals surface area contributed by atoms with Crippen molar-refractivity contribution < 1.29 is 18.8 Å². The van der Waals surface area contributed by atoms with Crippen molar-refractivity contribution in [2.24, 2.45) is 5.41 Å². The SMILES string of the molecule is CC(=O)C12CCC(NC(=O)[C@H]3[C@H](c4cccc(Cl)c4F)[C@]4(C(=O)Nc5cc(Cl)ccc54)C4(CCCCC4)N3C)(CC1)CC2. The van der Waals surface area contributed by atoms with Crippen LogP contribution in [0.5, 0.6) is 0 Å². The third-order valence-electron chi connectivity index (χ3n) is 12.3. The van der Waals surface area contributed by atoms with Gasteiger partial charge in [0, 0.05) is 33.1 Å². The molecule has 1 saturated heterocycles. The Morgan fingerprint density at radius 3 is 2.30 bits per heavy atom. The van der Waals surface area contributed by atoms with Crippen molar-refractivity contribution >= 4 is 46.5 Å². The lowest BCUT2D eigenvalue weighted by Gasteiger charge is -2.53. The highest BCUT2D eigenvalue weighted by Gasteiger charge is 2.75. The molecule has 4 saturated carbocycles. The molecule has 2 bridgehead atoms. The Bertz CT molecular complexity index is 1510. The van der Waals surface area contributed by atoms with Crippen LogP contribution in [-0.4, -0.2) is 46.7 Å². The first-order valence-electron chi connectivity index (χ1n) is 15.6. The van der Waals surface area contributed by atoms with Gasteiger partial charge in [-0.1, -0.05) is 60.7 Å². The van der Waals surface area contributed by atoms with E-state index >= 15 is 4.39 Å². The summed E-state index contributed by atoms with van der Waals surface area (Å²) in [6.45, 7) is 1.69. The maximum atomic E-state index is 16.2. The van der Waals surface area contributed by atoms with Crippen LogP contribution in [0.1, 0.15) is 94.6 Å². The molecule has 2 aromatic rings. The highest BCUT2D eigenvalue weighted by Crippen LogP contribution is 2.66. The van der Waals surface area contributed by atoms with Gasteiger partial charge in [-0.2, -0.15) is 0 Å². The van der Waals surface area contributed by atoms with Gasteiger partial charge in [0.2, 0.25) is 11.8 Å². The standard InChI is InChI=1S/C34H38Cl2FN3O3/c1-20(41)31-13-16-32(17-14-31,18-15-31)39-29(42)28-26(22-7-6-8-24(36)27(22)37)34(33(40(28)2)11-4-3-5-12-33)23-10-9-21(35)19-25(23)38-30(34)43/h6-10,19,26,28H,3-5,11-18H2,1-2H3,(H,38,43)(H,39,42)/t26-,28+,31?,32?,34+/m0/s1. The van der Waals surface area contributed by atoms with E-state index in [0.29, 0.717) is 23.6 Å². The number of hydrogen-bond donors (Lipinski definition) is 2. The molecule has 0 aromatic heterocycles. The van der Waals surface area contributed by atoms with Gasteiger partial charge in [-0.15, -0.1) is 0 Å². The summed E-state index contributed by atoms with van der Waals surface area (Å²) in [4.78, 5) is 44.1. The number of ketones is 1. The number of carbonyl (C=O) groups is 3. The van der Waals surface area contributed by atoms with Gasteiger partial charge in [0.25, 0.3) is 0 Å². The number of carbonyl (C=O) groups excluding carboxylic acids is 3. The molecular formula is C34H38Cl2FN3O3. The average molecular weight is 627 g/mol. The number of benzene rings is 2. The van der Waals surface area contributed by atoms with E-state index in [1.54, 1.807) is 31.2 Å². The zero-order valence-corrected chi connectivity index (χ0v) is 26.2. The molecule has 2 spiro atoms. The van der Waals surface area contributed by atoms with E-state index in [0.717, 1.165) is 63.4 Å². The van der Waals surface area contributed by atoms with Gasteiger partial charge in [-0.25, -0.2) is 4.39 Å². The van der Waals surface area contributed by atoms with E-state index < -0.39 is 34.3 Å². The normalized spacial score (nSPS) is 34.4. The molecule has 8 rings (SSSR count). The van der Waals surface area contributed by atoms with Gasteiger partial charge in [0.15, 0.2) is 0 Å². The van der Waals surface area contributed by atoms with Crippen LogP contribution in [0.15, 0.2) is 36.4 Å². The number of nitrogens with one attached hydrogen (secondary N) is 2. The molecule has 6 aliphatic rings. The van der Waals surface area contributed by atoms with Gasteiger partial charge < -0.3 is 10.6 Å². The van der Waals surface area contributed by atoms with E-state index in [2.05, 4.69) is 15.5 Å². The molecule has 9 heteroatoms. The lowest BCUT2D eigenvalue weighted by atomic mass is 9.55. The lowest BCUT2D eigenvalue weighted by molar-refractivity contribution is -0.137. The summed E-state index contributed by atoms with van der Waals surface area (Å²) in [5.41, 5.74) is -0.997. The van der Waals surface area contributed by atoms with Crippen molar-refractivity contribution in [3.8, 4) is 0 Å². The highest BCUT2D eigenvalue weighted by molar-refractivity contribution is 6.31. The fourth-order valence-electron chi connectivity index (χ4n) is 9.98. The number of fused-ring (bicyclic) bond motifs is 6. The zero-order valence-electron chi connectivity index (χ0n) is 24.7. The Hall–Kier alpha value is -2.48. The number of amides is 2. The minimum Gasteiger partial charge on any atom is -0.349 e. The number of anilines is 1. The third kappa shape index (κ3) is 3.89. The van der Waals surface area contributed by atoms with Gasteiger partial charge in [-0.05, 0) is 94.7 Å². The van der Waals surface area contributed by atoms with E-state index in [9.17, 15) is 14.4 Å². The minimum absolute atomic E-state index is 0.0347. The predicted molar refractivity (Wildman–Crippen MR) is 165 cm³/mol. The Labute approximate surface area is 262 Å². The van der Waals surface area contributed by atoms with Crippen LogP contribution in [0.3, 0.4) is 0 Å². The molecular weight excluding hydrogens is 588 g/mol. The third-order valence-corrected chi connectivity index (χ3v) is 12.8. The summed E-state index contributed by atoms with van der Waals surface area (Å²) in [5, 5.41) is 7.03. The topological polar surface area (TPSA) is 78.5 Å². The molecule has 43 heavy (non-hydrogen) atoms. The maximum Gasteiger partial charge on any atom is 0.238 e. The monoisotopic (exact) mass is 625 g/mol. The first-order chi connectivity index (χ1) is 20.5. The van der Waals surface area contributed by atoms with Gasteiger partial charge in [0.1, 0.15) is 17.0 Å². The number of likely N-dealkylation sites (tertiary alicyclic amines) is 1. The van der Waals surface area contributed by atoms with Gasteiger partial charge >= 0.3 is 0 Å². The second-order valence-corrected chi connectivity index (χ2v) is 14.7. The molecule has 0 unspecified atom stereocenters. The molecule has 2 heterocycles. The van der Waals surface area contributed by atoms with Crippen molar-refractivity contribution in [2.75, 3.05) is 12.4 Å². The van der Waals surface area contributed by atoms with Crippen LogP contribution in [0.25, 0.3) is 0 Å². The summed E-state index contributed by atoms with van der Waals surface area (Å²) >= 11 is 12.8. The highest BCUT2D eigenvalue weighted by atomic mass is 35.5. The number of likely N-dealkylation sites (N-methyl/N-ethyl adjacent to an activating group) is 1. The van der Waals surface area contributed by atoms with Crippen LogP contribution in [0, 0.1) is 11.2 Å².